The Morgan fingerprint density at radius 2 is 1.58 bits per heavy atom. The number of hydrogen-bond donors (Lipinski definition) is 1. The number of nitrogens with two attached hydrogens (primary N) is 1. The molecule has 3 aliphatic heterocycles. The number of nitro groups is 1. The van der Waals surface area contributed by atoms with Crippen LogP contribution in [0.1, 0.15) is 38.5 Å². The van der Waals surface area contributed by atoms with E-state index >= 15 is 0 Å². The molecule has 190 valence electrons. The van der Waals surface area contributed by atoms with Crippen molar-refractivity contribution in [1.82, 2.24) is 4.90 Å². The molecule has 6 rings (SSSR count). The first-order valence-electron chi connectivity index (χ1n) is 13.0. The molecule has 1 saturated carbocycles. The van der Waals surface area contributed by atoms with Crippen LogP contribution in [0.25, 0.3) is 0 Å². The number of imide groups is 1. The number of allylic oxidation sites excluding steroid dienone is 2. The number of benzene rings is 1. The van der Waals surface area contributed by atoms with E-state index in [1.165, 1.54) is 6.07 Å². The predicted molar refractivity (Wildman–Crippen MR) is 132 cm³/mol. The summed E-state index contributed by atoms with van der Waals surface area (Å²) in [5.74, 6) is -1.39. The first-order chi connectivity index (χ1) is 17.3. The number of nitro benzene ring substituents is 1. The Morgan fingerprint density at radius 3 is 2.14 bits per heavy atom. The number of carbonyl (C=O) groups is 3. The van der Waals surface area contributed by atoms with Gasteiger partial charge in [0.2, 0.25) is 17.7 Å². The number of piperidine rings is 2. The van der Waals surface area contributed by atoms with Crippen molar-refractivity contribution in [2.45, 2.75) is 44.1 Å². The average Bonchev–Trinajstić information content (AvgIpc) is 3.58. The van der Waals surface area contributed by atoms with Crippen LogP contribution in [0.5, 0.6) is 0 Å². The number of hydrogen-bond acceptors (Lipinski definition) is 7. The van der Waals surface area contributed by atoms with Crippen LogP contribution >= 0.6 is 0 Å². The van der Waals surface area contributed by atoms with E-state index in [4.69, 9.17) is 5.73 Å². The predicted octanol–water partition coefficient (Wildman–Crippen LogP) is 2.22. The molecule has 0 unspecified atom stereocenters. The summed E-state index contributed by atoms with van der Waals surface area (Å²) >= 11 is 0. The fourth-order valence-corrected chi connectivity index (χ4v) is 7.38. The Balaban J connectivity index is 1.25. The van der Waals surface area contributed by atoms with Gasteiger partial charge in [-0.25, -0.2) is 4.90 Å². The molecule has 0 spiro atoms. The van der Waals surface area contributed by atoms with Gasteiger partial charge in [-0.1, -0.05) is 18.6 Å². The van der Waals surface area contributed by atoms with E-state index in [1.54, 1.807) is 12.1 Å². The van der Waals surface area contributed by atoms with Crippen LogP contribution in [-0.4, -0.2) is 59.3 Å². The number of anilines is 2. The van der Waals surface area contributed by atoms with Crippen molar-refractivity contribution in [3.8, 4) is 0 Å². The van der Waals surface area contributed by atoms with Crippen LogP contribution in [-0.2, 0) is 14.4 Å². The third kappa shape index (κ3) is 3.30. The topological polar surface area (TPSA) is 130 Å². The van der Waals surface area contributed by atoms with Gasteiger partial charge in [0.1, 0.15) is 11.2 Å². The summed E-state index contributed by atoms with van der Waals surface area (Å²) < 4.78 is 0. The number of nitrogens with zero attached hydrogens (tertiary/aromatic N) is 4. The first-order valence-corrected chi connectivity index (χ1v) is 13.0. The fourth-order valence-electron chi connectivity index (χ4n) is 7.38. The van der Waals surface area contributed by atoms with E-state index in [-0.39, 0.29) is 52.8 Å². The minimum Gasteiger partial charge on any atom is -0.368 e. The number of likely N-dealkylation sites (tertiary alicyclic amines) is 1. The number of carbonyl (C=O) groups excluding carboxylic acids is 3. The van der Waals surface area contributed by atoms with E-state index in [2.05, 4.69) is 4.90 Å². The van der Waals surface area contributed by atoms with Crippen LogP contribution in [0.2, 0.25) is 0 Å². The highest BCUT2D eigenvalue weighted by Crippen LogP contribution is 2.53. The second-order valence-corrected chi connectivity index (χ2v) is 10.9. The van der Waals surface area contributed by atoms with Crippen LogP contribution in [0.4, 0.5) is 17.1 Å². The Morgan fingerprint density at radius 1 is 0.972 bits per heavy atom. The van der Waals surface area contributed by atoms with Crippen LogP contribution in [0.15, 0.2) is 30.4 Å². The maximum atomic E-state index is 13.2. The molecule has 2 bridgehead atoms. The Hall–Kier alpha value is -3.27. The maximum absolute atomic E-state index is 13.2. The summed E-state index contributed by atoms with van der Waals surface area (Å²) in [7, 11) is 0. The van der Waals surface area contributed by atoms with Gasteiger partial charge in [0, 0.05) is 19.2 Å². The van der Waals surface area contributed by atoms with Crippen LogP contribution < -0.4 is 15.5 Å². The summed E-state index contributed by atoms with van der Waals surface area (Å²) in [6.07, 6.45) is 9.12. The SMILES string of the molecule is NC(=O)C1(N2CCCCC2)CCN(c2ccc(N3C(=O)[C@@H]4[C@@H](C3=O)[C@H]3C=C[C@H]4C3)cc2[N+](=O)[O-])CC1. The average molecular weight is 494 g/mol. The lowest BCUT2D eigenvalue weighted by Crippen LogP contribution is -2.63. The summed E-state index contributed by atoms with van der Waals surface area (Å²) in [6, 6.07) is 4.62. The quantitative estimate of drug-likeness (QED) is 0.288. The fraction of sp³-hybridized carbons (Fsp3) is 0.577. The number of primary amides is 1. The van der Waals surface area contributed by atoms with Crippen molar-refractivity contribution >= 4 is 34.8 Å². The van der Waals surface area contributed by atoms with Crippen molar-refractivity contribution in [3.63, 3.8) is 0 Å². The van der Waals surface area contributed by atoms with E-state index in [1.807, 2.05) is 17.1 Å². The molecule has 1 aromatic carbocycles. The lowest BCUT2D eigenvalue weighted by Gasteiger charge is -2.48. The summed E-state index contributed by atoms with van der Waals surface area (Å²) in [6.45, 7) is 2.60. The van der Waals surface area contributed by atoms with Gasteiger partial charge in [-0.05, 0) is 69.2 Å². The molecule has 0 aromatic heterocycles. The lowest BCUT2D eigenvalue weighted by atomic mass is 9.83. The van der Waals surface area contributed by atoms with Crippen molar-refractivity contribution in [2.75, 3.05) is 36.0 Å². The molecule has 10 heteroatoms. The second-order valence-electron chi connectivity index (χ2n) is 10.9. The van der Waals surface area contributed by atoms with Gasteiger partial charge in [0.25, 0.3) is 5.69 Å². The maximum Gasteiger partial charge on any atom is 0.294 e. The van der Waals surface area contributed by atoms with Crippen molar-refractivity contribution in [1.29, 1.82) is 0 Å². The van der Waals surface area contributed by atoms with Crippen LogP contribution in [0, 0.1) is 33.8 Å². The van der Waals surface area contributed by atoms with E-state index < -0.39 is 10.5 Å². The molecule has 1 aromatic rings. The van der Waals surface area contributed by atoms with Gasteiger partial charge < -0.3 is 10.6 Å². The van der Waals surface area contributed by atoms with E-state index in [0.717, 1.165) is 43.7 Å². The molecule has 10 nitrogen and oxygen atoms in total. The highest BCUT2D eigenvalue weighted by Gasteiger charge is 2.59. The molecule has 2 aliphatic carbocycles. The normalized spacial score (nSPS) is 31.2. The highest BCUT2D eigenvalue weighted by molar-refractivity contribution is 6.23. The summed E-state index contributed by atoms with van der Waals surface area (Å²) in [4.78, 5) is 55.8. The van der Waals surface area contributed by atoms with Gasteiger partial charge in [-0.3, -0.25) is 29.4 Å². The zero-order valence-electron chi connectivity index (χ0n) is 20.2. The molecule has 3 saturated heterocycles. The van der Waals surface area contributed by atoms with Gasteiger partial charge >= 0.3 is 0 Å². The van der Waals surface area contributed by atoms with Gasteiger partial charge in [0.15, 0.2) is 0 Å². The molecule has 2 N–H and O–H groups in total. The molecule has 0 radical (unpaired) electrons. The summed E-state index contributed by atoms with van der Waals surface area (Å²) in [5.41, 5.74) is 5.72. The third-order valence-electron chi connectivity index (χ3n) is 9.24. The monoisotopic (exact) mass is 493 g/mol. The lowest BCUT2D eigenvalue weighted by molar-refractivity contribution is -0.384. The number of fused-ring (bicyclic) bond motifs is 5. The Kier molecular flexibility index (Phi) is 5.40. The molecule has 36 heavy (non-hydrogen) atoms. The van der Waals surface area contributed by atoms with Crippen molar-refractivity contribution in [3.05, 3.63) is 40.5 Å². The van der Waals surface area contributed by atoms with Gasteiger partial charge in [0.05, 0.1) is 22.4 Å². The minimum absolute atomic E-state index is 0.0782. The third-order valence-corrected chi connectivity index (χ3v) is 9.24. The van der Waals surface area contributed by atoms with E-state index in [0.29, 0.717) is 31.6 Å². The molecule has 4 fully saturated rings. The Labute approximate surface area is 209 Å². The minimum atomic E-state index is -0.717. The summed E-state index contributed by atoms with van der Waals surface area (Å²) in [5, 5.41) is 12.1. The first kappa shape index (κ1) is 23.1. The smallest absolute Gasteiger partial charge is 0.294 e. The van der Waals surface area contributed by atoms with E-state index in [9.17, 15) is 24.5 Å². The second kappa shape index (κ2) is 8.40. The molecule has 3 heterocycles. The van der Waals surface area contributed by atoms with Crippen molar-refractivity contribution < 1.29 is 19.3 Å². The largest absolute Gasteiger partial charge is 0.368 e. The van der Waals surface area contributed by atoms with Gasteiger partial charge in [-0.15, -0.1) is 0 Å². The highest BCUT2D eigenvalue weighted by atomic mass is 16.6. The zero-order chi connectivity index (χ0) is 25.2. The van der Waals surface area contributed by atoms with Crippen LogP contribution in [0.3, 0.4) is 0 Å². The number of amides is 3. The number of rotatable bonds is 5. The molecular formula is C26H31N5O5. The van der Waals surface area contributed by atoms with Gasteiger partial charge in [-0.2, -0.15) is 0 Å². The molecule has 4 atom stereocenters. The standard InChI is InChI=1S/C26H31N5O5/c27-25(34)26(29-10-2-1-3-11-29)8-12-28(13-9-26)19-7-6-18(15-20(19)31(35)36)30-23(32)21-16-4-5-17(14-16)22(21)24(30)33/h4-7,15-17,21-22H,1-3,8-14H2,(H2,27,34)/t16-,17-,21-,22-/m0/s1. The molecule has 3 amide bonds. The van der Waals surface area contributed by atoms with Crippen molar-refractivity contribution in [2.24, 2.45) is 29.4 Å². The molecule has 5 aliphatic rings. The molecular weight excluding hydrogens is 462 g/mol. The Bertz CT molecular complexity index is 1140. The zero-order valence-corrected chi connectivity index (χ0v) is 20.2.